The van der Waals surface area contributed by atoms with E-state index in [-0.39, 0.29) is 12.4 Å². The van der Waals surface area contributed by atoms with Gasteiger partial charge in [0.15, 0.2) is 5.84 Å². The van der Waals surface area contributed by atoms with Crippen LogP contribution in [0.1, 0.15) is 0 Å². The highest BCUT2D eigenvalue weighted by Gasteiger charge is 2.02. The molecule has 0 saturated carbocycles. The first-order chi connectivity index (χ1) is 7.61. The molecule has 0 heterocycles. The number of nitrogens with one attached hydrogen (secondary N) is 2. The number of amidine groups is 1. The van der Waals surface area contributed by atoms with Crippen LogP contribution in [0.25, 0.3) is 0 Å². The van der Waals surface area contributed by atoms with Crippen LogP contribution >= 0.6 is 0 Å². The van der Waals surface area contributed by atoms with Gasteiger partial charge in [-0.2, -0.15) is 0 Å². The van der Waals surface area contributed by atoms with Crippen molar-refractivity contribution in [2.45, 2.75) is 0 Å². The molecule has 0 aromatic heterocycles. The number of oxime groups is 1. The number of halogens is 1. The van der Waals surface area contributed by atoms with Gasteiger partial charge in [0.2, 0.25) is 0 Å². The molecule has 1 rings (SSSR count). The Balaban J connectivity index is 2.46. The average Bonchev–Trinajstić information content (AvgIpc) is 2.26. The molecule has 0 fully saturated rings. The van der Waals surface area contributed by atoms with Crippen molar-refractivity contribution in [2.24, 2.45) is 10.9 Å². The zero-order valence-electron chi connectivity index (χ0n) is 8.27. The number of carbonyl (C=O) groups is 1. The molecular formula is C9H11FN4O2. The van der Waals surface area contributed by atoms with Gasteiger partial charge in [-0.25, -0.2) is 9.18 Å². The Bertz CT molecular complexity index is 408. The normalized spacial score (nSPS) is 10.9. The second-order valence-electron chi connectivity index (χ2n) is 2.91. The van der Waals surface area contributed by atoms with Crippen molar-refractivity contribution in [1.82, 2.24) is 5.32 Å². The minimum atomic E-state index is -0.572. The smallest absolute Gasteiger partial charge is 0.319 e. The highest BCUT2D eigenvalue weighted by Crippen LogP contribution is 2.08. The third-order valence-electron chi connectivity index (χ3n) is 1.64. The maximum absolute atomic E-state index is 12.7. The van der Waals surface area contributed by atoms with Gasteiger partial charge in [-0.05, 0) is 18.2 Å². The Labute approximate surface area is 90.9 Å². The molecule has 0 atom stereocenters. The van der Waals surface area contributed by atoms with Gasteiger partial charge in [0.1, 0.15) is 5.82 Å². The van der Waals surface area contributed by atoms with Crippen LogP contribution in [-0.2, 0) is 0 Å². The molecule has 1 aromatic rings. The molecule has 6 nitrogen and oxygen atoms in total. The maximum atomic E-state index is 12.7. The molecule has 0 aliphatic carbocycles. The largest absolute Gasteiger partial charge is 0.409 e. The molecule has 0 aliphatic heterocycles. The Morgan fingerprint density at radius 1 is 1.56 bits per heavy atom. The van der Waals surface area contributed by atoms with Crippen LogP contribution in [0.2, 0.25) is 0 Å². The summed E-state index contributed by atoms with van der Waals surface area (Å²) in [7, 11) is 0. The molecule has 2 amide bonds. The number of nitrogens with two attached hydrogens (primary N) is 1. The number of anilines is 1. The average molecular weight is 226 g/mol. The van der Waals surface area contributed by atoms with Gasteiger partial charge in [-0.3, -0.25) is 0 Å². The number of amides is 2. The Hall–Kier alpha value is -2.31. The van der Waals surface area contributed by atoms with Crippen molar-refractivity contribution < 1.29 is 14.4 Å². The predicted molar refractivity (Wildman–Crippen MR) is 56.8 cm³/mol. The number of urea groups is 1. The van der Waals surface area contributed by atoms with Crippen LogP contribution in [0.3, 0.4) is 0 Å². The van der Waals surface area contributed by atoms with Crippen molar-refractivity contribution in [3.8, 4) is 0 Å². The summed E-state index contributed by atoms with van der Waals surface area (Å²) in [6.45, 7) is -0.0996. The molecule has 16 heavy (non-hydrogen) atoms. The van der Waals surface area contributed by atoms with E-state index in [9.17, 15) is 9.18 Å². The first-order valence-electron chi connectivity index (χ1n) is 4.38. The molecule has 0 unspecified atom stereocenters. The van der Waals surface area contributed by atoms with Crippen molar-refractivity contribution in [3.05, 3.63) is 30.1 Å². The molecule has 86 valence electrons. The summed E-state index contributed by atoms with van der Waals surface area (Å²) in [5, 5.41) is 15.6. The van der Waals surface area contributed by atoms with E-state index in [0.717, 1.165) is 0 Å². The molecule has 0 spiro atoms. The van der Waals surface area contributed by atoms with Crippen LogP contribution in [0.5, 0.6) is 0 Å². The summed E-state index contributed by atoms with van der Waals surface area (Å²) >= 11 is 0. The molecule has 0 bridgehead atoms. The standard InChI is InChI=1S/C9H11FN4O2/c10-6-2-1-3-7(4-6)13-9(15)12-5-8(11)14-16/h1-4,16H,5H2,(H2,11,14)(H2,12,13,15). The molecule has 0 saturated heterocycles. The summed E-state index contributed by atoms with van der Waals surface area (Å²) in [5.74, 6) is -0.580. The number of benzene rings is 1. The van der Waals surface area contributed by atoms with Crippen LogP contribution in [-0.4, -0.2) is 23.6 Å². The Morgan fingerprint density at radius 3 is 2.94 bits per heavy atom. The number of nitrogens with zero attached hydrogens (tertiary/aromatic N) is 1. The minimum absolute atomic E-state index is 0.0996. The second-order valence-corrected chi connectivity index (χ2v) is 2.91. The lowest BCUT2D eigenvalue weighted by Gasteiger charge is -2.06. The second kappa shape index (κ2) is 5.54. The molecule has 1 aromatic carbocycles. The van der Waals surface area contributed by atoms with E-state index in [1.807, 2.05) is 0 Å². The van der Waals surface area contributed by atoms with E-state index in [2.05, 4.69) is 15.8 Å². The predicted octanol–water partition coefficient (Wildman–Crippen LogP) is 0.694. The first-order valence-corrected chi connectivity index (χ1v) is 4.38. The highest BCUT2D eigenvalue weighted by atomic mass is 19.1. The summed E-state index contributed by atoms with van der Waals surface area (Å²) in [5.41, 5.74) is 5.45. The first kappa shape index (κ1) is 11.8. The fourth-order valence-electron chi connectivity index (χ4n) is 0.948. The third-order valence-corrected chi connectivity index (χ3v) is 1.64. The van der Waals surface area contributed by atoms with Gasteiger partial charge in [0, 0.05) is 5.69 Å². The quantitative estimate of drug-likeness (QED) is 0.264. The lowest BCUT2D eigenvalue weighted by atomic mass is 10.3. The fourth-order valence-corrected chi connectivity index (χ4v) is 0.948. The van der Waals surface area contributed by atoms with Crippen molar-refractivity contribution >= 4 is 17.6 Å². The van der Waals surface area contributed by atoms with E-state index in [1.165, 1.54) is 24.3 Å². The lowest BCUT2D eigenvalue weighted by molar-refractivity contribution is 0.253. The van der Waals surface area contributed by atoms with Crippen molar-refractivity contribution in [2.75, 3.05) is 11.9 Å². The molecule has 7 heteroatoms. The van der Waals surface area contributed by atoms with Crippen LogP contribution < -0.4 is 16.4 Å². The third kappa shape index (κ3) is 3.82. The minimum Gasteiger partial charge on any atom is -0.409 e. The van der Waals surface area contributed by atoms with Gasteiger partial charge in [0.05, 0.1) is 6.54 Å². The van der Waals surface area contributed by atoms with Gasteiger partial charge < -0.3 is 21.6 Å². The lowest BCUT2D eigenvalue weighted by Crippen LogP contribution is -2.36. The summed E-state index contributed by atoms with van der Waals surface area (Å²) < 4.78 is 12.7. The van der Waals surface area contributed by atoms with E-state index < -0.39 is 11.8 Å². The van der Waals surface area contributed by atoms with E-state index in [0.29, 0.717) is 5.69 Å². The number of hydrogen-bond donors (Lipinski definition) is 4. The SMILES string of the molecule is N/C(CNC(=O)Nc1cccc(F)c1)=N/O. The summed E-state index contributed by atoms with van der Waals surface area (Å²) in [6.07, 6.45) is 0. The topological polar surface area (TPSA) is 99.7 Å². The van der Waals surface area contributed by atoms with Gasteiger partial charge in [0.25, 0.3) is 0 Å². The number of rotatable bonds is 3. The van der Waals surface area contributed by atoms with Crippen molar-refractivity contribution in [1.29, 1.82) is 0 Å². The maximum Gasteiger partial charge on any atom is 0.319 e. The van der Waals surface area contributed by atoms with Gasteiger partial charge in [-0.1, -0.05) is 11.2 Å². The fraction of sp³-hybridized carbons (Fsp3) is 0.111. The Kier molecular flexibility index (Phi) is 4.07. The molecule has 0 aliphatic rings. The van der Waals surface area contributed by atoms with E-state index in [1.54, 1.807) is 0 Å². The van der Waals surface area contributed by atoms with Crippen LogP contribution in [0.15, 0.2) is 29.4 Å². The summed E-state index contributed by atoms with van der Waals surface area (Å²) in [4.78, 5) is 11.2. The van der Waals surface area contributed by atoms with E-state index in [4.69, 9.17) is 10.9 Å². The van der Waals surface area contributed by atoms with Crippen molar-refractivity contribution in [3.63, 3.8) is 0 Å². The zero-order valence-corrected chi connectivity index (χ0v) is 8.27. The molecular weight excluding hydrogens is 215 g/mol. The highest BCUT2D eigenvalue weighted by molar-refractivity contribution is 5.92. The summed E-state index contributed by atoms with van der Waals surface area (Å²) in [6, 6.07) is 4.86. The molecule has 5 N–H and O–H groups in total. The van der Waals surface area contributed by atoms with E-state index >= 15 is 0 Å². The number of hydrogen-bond acceptors (Lipinski definition) is 3. The van der Waals surface area contributed by atoms with Gasteiger partial charge in [-0.15, -0.1) is 0 Å². The zero-order chi connectivity index (χ0) is 12.0. The van der Waals surface area contributed by atoms with Gasteiger partial charge >= 0.3 is 6.03 Å². The Morgan fingerprint density at radius 2 is 2.31 bits per heavy atom. The van der Waals surface area contributed by atoms with Crippen LogP contribution in [0, 0.1) is 5.82 Å². The number of carbonyl (C=O) groups excluding carboxylic acids is 1. The monoisotopic (exact) mass is 226 g/mol. The molecule has 0 radical (unpaired) electrons. The van der Waals surface area contributed by atoms with Crippen LogP contribution in [0.4, 0.5) is 14.9 Å².